The molecular formula is C19H22N2. The van der Waals surface area contributed by atoms with E-state index in [0.717, 1.165) is 23.3 Å². The van der Waals surface area contributed by atoms with Crippen molar-refractivity contribution in [3.05, 3.63) is 42.1 Å². The Bertz CT molecular complexity index is 710. The highest BCUT2D eigenvalue weighted by molar-refractivity contribution is 5.79. The molecule has 2 nitrogen and oxygen atoms in total. The van der Waals surface area contributed by atoms with Gasteiger partial charge in [0.1, 0.15) is 0 Å². The van der Waals surface area contributed by atoms with Gasteiger partial charge in [0.25, 0.3) is 0 Å². The second-order valence-electron chi connectivity index (χ2n) is 7.52. The topological polar surface area (TPSA) is 38.9 Å². The first-order valence-corrected chi connectivity index (χ1v) is 8.40. The molecule has 2 bridgehead atoms. The zero-order valence-corrected chi connectivity index (χ0v) is 12.3. The normalized spacial score (nSPS) is 40.8. The Morgan fingerprint density at radius 2 is 2.00 bits per heavy atom. The molecule has 21 heavy (non-hydrogen) atoms. The van der Waals surface area contributed by atoms with Crippen LogP contribution in [0.2, 0.25) is 0 Å². The fourth-order valence-electron chi connectivity index (χ4n) is 5.85. The molecule has 5 rings (SSSR count). The molecule has 0 saturated heterocycles. The molecule has 0 aliphatic heterocycles. The first-order valence-electron chi connectivity index (χ1n) is 8.40. The van der Waals surface area contributed by atoms with Crippen molar-refractivity contribution in [2.24, 2.45) is 29.4 Å². The van der Waals surface area contributed by atoms with E-state index in [4.69, 9.17) is 5.73 Å². The standard InChI is InChI=1S/C19H22N2/c20-19(10-13-9-17(19)16-6-3-5-15(13)16)14-8-12-4-1-2-7-18(12)21-11-14/h1-2,4,7-8,11,13,15-17H,3,5-6,9-10,20H2. The van der Waals surface area contributed by atoms with E-state index >= 15 is 0 Å². The highest BCUT2D eigenvalue weighted by atomic mass is 14.8. The predicted molar refractivity (Wildman–Crippen MR) is 84.7 cm³/mol. The molecule has 0 amide bonds. The number of fused-ring (bicyclic) bond motifs is 6. The van der Waals surface area contributed by atoms with E-state index in [2.05, 4.69) is 29.2 Å². The molecule has 1 aromatic carbocycles. The van der Waals surface area contributed by atoms with Gasteiger partial charge in [-0.2, -0.15) is 0 Å². The van der Waals surface area contributed by atoms with Gasteiger partial charge in [0.05, 0.1) is 5.52 Å². The minimum Gasteiger partial charge on any atom is -0.321 e. The van der Waals surface area contributed by atoms with Crippen molar-refractivity contribution in [1.82, 2.24) is 4.98 Å². The minimum atomic E-state index is -0.118. The first kappa shape index (κ1) is 12.2. The van der Waals surface area contributed by atoms with Crippen molar-refractivity contribution < 1.29 is 0 Å². The Labute approximate surface area is 125 Å². The predicted octanol–water partition coefficient (Wildman–Crippen LogP) is 3.84. The zero-order valence-electron chi connectivity index (χ0n) is 12.3. The maximum absolute atomic E-state index is 6.97. The largest absolute Gasteiger partial charge is 0.321 e. The molecule has 3 saturated carbocycles. The fraction of sp³-hybridized carbons (Fsp3) is 0.526. The summed E-state index contributed by atoms with van der Waals surface area (Å²) < 4.78 is 0. The molecule has 1 aromatic heterocycles. The summed E-state index contributed by atoms with van der Waals surface area (Å²) in [5.74, 6) is 3.44. The average Bonchev–Trinajstić information content (AvgIpc) is 3.18. The molecular weight excluding hydrogens is 256 g/mol. The van der Waals surface area contributed by atoms with Gasteiger partial charge in [-0.05, 0) is 67.1 Å². The van der Waals surface area contributed by atoms with Crippen LogP contribution in [0, 0.1) is 23.7 Å². The second kappa shape index (κ2) is 4.07. The molecule has 1 heterocycles. The molecule has 3 fully saturated rings. The molecule has 2 heteroatoms. The summed E-state index contributed by atoms with van der Waals surface area (Å²) in [7, 11) is 0. The van der Waals surface area contributed by atoms with Crippen LogP contribution in [0.25, 0.3) is 10.9 Å². The van der Waals surface area contributed by atoms with E-state index in [1.807, 2.05) is 12.3 Å². The van der Waals surface area contributed by atoms with E-state index in [9.17, 15) is 0 Å². The Balaban J connectivity index is 1.59. The van der Waals surface area contributed by atoms with Crippen LogP contribution < -0.4 is 5.73 Å². The van der Waals surface area contributed by atoms with Crippen LogP contribution in [0.1, 0.15) is 37.7 Å². The number of nitrogens with zero attached hydrogens (tertiary/aromatic N) is 1. The molecule has 0 radical (unpaired) electrons. The number of aromatic nitrogens is 1. The lowest BCUT2D eigenvalue weighted by Crippen LogP contribution is -2.46. The van der Waals surface area contributed by atoms with Gasteiger partial charge in [-0.3, -0.25) is 4.98 Å². The summed E-state index contributed by atoms with van der Waals surface area (Å²) in [6.45, 7) is 0. The Kier molecular flexibility index (Phi) is 2.36. The van der Waals surface area contributed by atoms with Crippen molar-refractivity contribution in [1.29, 1.82) is 0 Å². The third kappa shape index (κ3) is 1.54. The lowest BCUT2D eigenvalue weighted by Gasteiger charge is -2.40. The minimum absolute atomic E-state index is 0.118. The molecule has 108 valence electrons. The summed E-state index contributed by atoms with van der Waals surface area (Å²) in [6, 6.07) is 10.7. The highest BCUT2D eigenvalue weighted by Gasteiger charge is 2.59. The maximum Gasteiger partial charge on any atom is 0.0702 e. The monoisotopic (exact) mass is 278 g/mol. The van der Waals surface area contributed by atoms with Gasteiger partial charge in [0.15, 0.2) is 0 Å². The van der Waals surface area contributed by atoms with Gasteiger partial charge < -0.3 is 5.73 Å². The van der Waals surface area contributed by atoms with E-state index in [0.29, 0.717) is 5.92 Å². The van der Waals surface area contributed by atoms with Crippen LogP contribution in [0.4, 0.5) is 0 Å². The fourth-order valence-corrected chi connectivity index (χ4v) is 5.85. The van der Waals surface area contributed by atoms with E-state index in [1.165, 1.54) is 43.1 Å². The van der Waals surface area contributed by atoms with Crippen LogP contribution in [0.15, 0.2) is 36.5 Å². The van der Waals surface area contributed by atoms with Crippen LogP contribution in [-0.2, 0) is 5.54 Å². The van der Waals surface area contributed by atoms with Crippen LogP contribution >= 0.6 is 0 Å². The van der Waals surface area contributed by atoms with E-state index < -0.39 is 0 Å². The summed E-state index contributed by atoms with van der Waals surface area (Å²) in [4.78, 5) is 4.66. The average molecular weight is 278 g/mol. The quantitative estimate of drug-likeness (QED) is 0.860. The number of rotatable bonds is 1. The Morgan fingerprint density at radius 1 is 1.14 bits per heavy atom. The summed E-state index contributed by atoms with van der Waals surface area (Å²) in [5.41, 5.74) is 9.21. The number of hydrogen-bond donors (Lipinski definition) is 1. The lowest BCUT2D eigenvalue weighted by atomic mass is 9.68. The number of para-hydroxylation sites is 1. The van der Waals surface area contributed by atoms with Gasteiger partial charge in [-0.15, -0.1) is 0 Å². The smallest absolute Gasteiger partial charge is 0.0702 e. The van der Waals surface area contributed by atoms with Crippen molar-refractivity contribution in [3.63, 3.8) is 0 Å². The van der Waals surface area contributed by atoms with Crippen LogP contribution in [-0.4, -0.2) is 4.98 Å². The molecule has 2 aromatic rings. The number of pyridine rings is 1. The number of benzene rings is 1. The van der Waals surface area contributed by atoms with Gasteiger partial charge >= 0.3 is 0 Å². The van der Waals surface area contributed by atoms with Gasteiger partial charge in [0, 0.05) is 17.1 Å². The molecule has 0 spiro atoms. The van der Waals surface area contributed by atoms with Crippen molar-refractivity contribution in [2.75, 3.05) is 0 Å². The van der Waals surface area contributed by atoms with Crippen molar-refractivity contribution in [3.8, 4) is 0 Å². The van der Waals surface area contributed by atoms with Gasteiger partial charge in [0.2, 0.25) is 0 Å². The van der Waals surface area contributed by atoms with Crippen LogP contribution in [0.5, 0.6) is 0 Å². The summed E-state index contributed by atoms with van der Waals surface area (Å²) in [6.07, 6.45) is 8.88. The Morgan fingerprint density at radius 3 is 2.95 bits per heavy atom. The molecule has 3 aliphatic carbocycles. The SMILES string of the molecule is NC1(c2cnc3ccccc3c2)CC2CC1C1CCCC21. The Hall–Kier alpha value is -1.41. The first-order chi connectivity index (χ1) is 10.3. The lowest BCUT2D eigenvalue weighted by molar-refractivity contribution is 0.156. The summed E-state index contributed by atoms with van der Waals surface area (Å²) >= 11 is 0. The zero-order chi connectivity index (χ0) is 14.0. The highest BCUT2D eigenvalue weighted by Crippen LogP contribution is 2.64. The second-order valence-corrected chi connectivity index (χ2v) is 7.52. The van der Waals surface area contributed by atoms with E-state index in [-0.39, 0.29) is 5.54 Å². The molecule has 2 N–H and O–H groups in total. The number of hydrogen-bond acceptors (Lipinski definition) is 2. The van der Waals surface area contributed by atoms with Crippen molar-refractivity contribution in [2.45, 2.75) is 37.6 Å². The number of nitrogens with two attached hydrogens (primary N) is 1. The van der Waals surface area contributed by atoms with E-state index in [1.54, 1.807) is 0 Å². The van der Waals surface area contributed by atoms with Crippen LogP contribution in [0.3, 0.4) is 0 Å². The van der Waals surface area contributed by atoms with Crippen molar-refractivity contribution >= 4 is 10.9 Å². The molecule has 5 atom stereocenters. The van der Waals surface area contributed by atoms with Gasteiger partial charge in [-0.1, -0.05) is 24.6 Å². The van der Waals surface area contributed by atoms with Gasteiger partial charge in [-0.25, -0.2) is 0 Å². The third-order valence-corrected chi connectivity index (χ3v) is 6.69. The third-order valence-electron chi connectivity index (χ3n) is 6.69. The maximum atomic E-state index is 6.97. The molecule has 5 unspecified atom stereocenters. The molecule has 3 aliphatic rings. The summed E-state index contributed by atoms with van der Waals surface area (Å²) in [5, 5.41) is 1.23.